The first-order valence-electron chi connectivity index (χ1n) is 7.76. The van der Waals surface area contributed by atoms with Crippen LogP contribution in [0, 0.1) is 0 Å². The van der Waals surface area contributed by atoms with Gasteiger partial charge >= 0.3 is 0 Å². The zero-order chi connectivity index (χ0) is 17.1. The van der Waals surface area contributed by atoms with Crippen molar-refractivity contribution in [3.63, 3.8) is 0 Å². The van der Waals surface area contributed by atoms with Crippen LogP contribution in [0.25, 0.3) is 4.96 Å². The molecule has 0 spiro atoms. The third kappa shape index (κ3) is 3.03. The fraction of sp³-hybridized carbons (Fsp3) is 0.467. The molecule has 1 atom stereocenters. The summed E-state index contributed by atoms with van der Waals surface area (Å²) in [4.78, 5) is 7.46. The Bertz CT molecular complexity index is 777. The van der Waals surface area contributed by atoms with E-state index < -0.39 is 6.04 Å². The van der Waals surface area contributed by atoms with Crippen molar-refractivity contribution in [1.82, 2.24) is 19.5 Å². The maximum atomic E-state index is 10.6. The van der Waals surface area contributed by atoms with Crippen molar-refractivity contribution >= 4 is 16.3 Å². The monoisotopic (exact) mass is 352 g/mol. The SMILES string of the molecule is CCc1nc2sc(C(c3ccco3)N(CCO)CCO)c(O)n2n1. The maximum Gasteiger partial charge on any atom is 0.230 e. The van der Waals surface area contributed by atoms with Crippen LogP contribution in [-0.4, -0.2) is 61.1 Å². The van der Waals surface area contributed by atoms with Gasteiger partial charge in [-0.15, -0.1) is 5.10 Å². The zero-order valence-corrected chi connectivity index (χ0v) is 14.1. The summed E-state index contributed by atoms with van der Waals surface area (Å²) in [5.74, 6) is 1.29. The number of aliphatic hydroxyl groups is 2. The molecule has 3 aromatic heterocycles. The highest BCUT2D eigenvalue weighted by atomic mass is 32.1. The molecular weight excluding hydrogens is 332 g/mol. The molecule has 0 aliphatic heterocycles. The predicted molar refractivity (Wildman–Crippen MR) is 88.2 cm³/mol. The smallest absolute Gasteiger partial charge is 0.230 e. The number of aromatic nitrogens is 3. The van der Waals surface area contributed by atoms with Gasteiger partial charge in [0.2, 0.25) is 10.8 Å². The van der Waals surface area contributed by atoms with Crippen LogP contribution in [0.3, 0.4) is 0 Å². The molecule has 3 aromatic rings. The molecule has 9 heteroatoms. The van der Waals surface area contributed by atoms with Gasteiger partial charge in [0.25, 0.3) is 0 Å². The second-order valence-corrected chi connectivity index (χ2v) is 6.28. The lowest BCUT2D eigenvalue weighted by molar-refractivity contribution is 0.127. The van der Waals surface area contributed by atoms with Crippen molar-refractivity contribution in [2.45, 2.75) is 19.4 Å². The van der Waals surface area contributed by atoms with Gasteiger partial charge in [-0.25, -0.2) is 4.98 Å². The maximum absolute atomic E-state index is 10.6. The van der Waals surface area contributed by atoms with E-state index in [-0.39, 0.29) is 19.1 Å². The number of thiazole rings is 1. The van der Waals surface area contributed by atoms with Crippen molar-refractivity contribution < 1.29 is 19.7 Å². The van der Waals surface area contributed by atoms with Crippen LogP contribution in [0.15, 0.2) is 22.8 Å². The molecular formula is C15H20N4O4S. The lowest BCUT2D eigenvalue weighted by Crippen LogP contribution is -2.34. The Morgan fingerprint density at radius 3 is 2.62 bits per heavy atom. The van der Waals surface area contributed by atoms with Gasteiger partial charge < -0.3 is 19.7 Å². The summed E-state index contributed by atoms with van der Waals surface area (Å²) in [5.41, 5.74) is 0. The van der Waals surface area contributed by atoms with E-state index in [9.17, 15) is 15.3 Å². The average molecular weight is 352 g/mol. The lowest BCUT2D eigenvalue weighted by atomic mass is 10.1. The Morgan fingerprint density at radius 1 is 1.33 bits per heavy atom. The van der Waals surface area contributed by atoms with Gasteiger partial charge in [-0.1, -0.05) is 18.3 Å². The molecule has 3 N–H and O–H groups in total. The number of rotatable bonds is 8. The molecule has 24 heavy (non-hydrogen) atoms. The lowest BCUT2D eigenvalue weighted by Gasteiger charge is -2.28. The Morgan fingerprint density at radius 2 is 2.08 bits per heavy atom. The molecule has 0 saturated heterocycles. The third-order valence-corrected chi connectivity index (χ3v) is 4.83. The van der Waals surface area contributed by atoms with Crippen LogP contribution in [0.5, 0.6) is 5.88 Å². The Kier molecular flexibility index (Phi) is 5.14. The highest BCUT2D eigenvalue weighted by Gasteiger charge is 2.31. The number of fused-ring (bicyclic) bond motifs is 1. The molecule has 0 radical (unpaired) electrons. The van der Waals surface area contributed by atoms with E-state index in [4.69, 9.17) is 4.42 Å². The minimum atomic E-state index is -0.433. The van der Waals surface area contributed by atoms with Crippen LogP contribution in [-0.2, 0) is 6.42 Å². The minimum absolute atomic E-state index is 0.00415. The summed E-state index contributed by atoms with van der Waals surface area (Å²) in [5, 5.41) is 33.6. The van der Waals surface area contributed by atoms with E-state index in [0.29, 0.717) is 40.9 Å². The molecule has 8 nitrogen and oxygen atoms in total. The van der Waals surface area contributed by atoms with Crippen molar-refractivity contribution in [3.05, 3.63) is 34.9 Å². The molecule has 0 fully saturated rings. The Hall–Kier alpha value is -1.94. The summed E-state index contributed by atoms with van der Waals surface area (Å²) in [6.45, 7) is 2.48. The number of aryl methyl sites for hydroxylation is 1. The number of hydrogen-bond acceptors (Lipinski definition) is 8. The summed E-state index contributed by atoms with van der Waals surface area (Å²) < 4.78 is 6.96. The Labute approximate surface area is 142 Å². The largest absolute Gasteiger partial charge is 0.492 e. The van der Waals surface area contributed by atoms with E-state index in [2.05, 4.69) is 10.1 Å². The van der Waals surface area contributed by atoms with Gasteiger partial charge in [0.15, 0.2) is 5.82 Å². The van der Waals surface area contributed by atoms with Crippen molar-refractivity contribution in [1.29, 1.82) is 0 Å². The highest BCUT2D eigenvalue weighted by Crippen LogP contribution is 2.39. The second-order valence-electron chi connectivity index (χ2n) is 5.27. The summed E-state index contributed by atoms with van der Waals surface area (Å²) in [7, 11) is 0. The fourth-order valence-electron chi connectivity index (χ4n) is 2.67. The summed E-state index contributed by atoms with van der Waals surface area (Å²) in [6.07, 6.45) is 2.24. The molecule has 1 unspecified atom stereocenters. The van der Waals surface area contributed by atoms with Gasteiger partial charge in [0.05, 0.1) is 24.4 Å². The van der Waals surface area contributed by atoms with E-state index in [1.165, 1.54) is 15.9 Å². The van der Waals surface area contributed by atoms with Crippen LogP contribution >= 0.6 is 11.3 Å². The molecule has 130 valence electrons. The fourth-order valence-corrected chi connectivity index (χ4v) is 3.78. The number of aliphatic hydroxyl groups excluding tert-OH is 2. The van der Waals surface area contributed by atoms with Crippen molar-refractivity contribution in [3.8, 4) is 5.88 Å². The zero-order valence-electron chi connectivity index (χ0n) is 13.3. The second kappa shape index (κ2) is 7.31. The molecule has 0 bridgehead atoms. The highest BCUT2D eigenvalue weighted by molar-refractivity contribution is 7.17. The Balaban J connectivity index is 2.08. The predicted octanol–water partition coefficient (Wildman–Crippen LogP) is 1.03. The molecule has 0 saturated carbocycles. The number of nitrogens with zero attached hydrogens (tertiary/aromatic N) is 4. The average Bonchev–Trinajstić information content (AvgIpc) is 3.28. The minimum Gasteiger partial charge on any atom is -0.492 e. The molecule has 0 aliphatic carbocycles. The number of hydrogen-bond donors (Lipinski definition) is 3. The van der Waals surface area contributed by atoms with Gasteiger partial charge in [0.1, 0.15) is 11.8 Å². The van der Waals surface area contributed by atoms with Crippen LogP contribution in [0.4, 0.5) is 0 Å². The van der Waals surface area contributed by atoms with Crippen molar-refractivity contribution in [2.75, 3.05) is 26.3 Å². The standard InChI is InChI=1S/C15H20N4O4S/c1-2-11-16-15-19(17-11)14(22)13(24-15)12(10-4-3-9-23-10)18(5-7-20)6-8-21/h3-4,9,12,20-22H,2,5-8H2,1H3. The van der Waals surface area contributed by atoms with Gasteiger partial charge in [-0.2, -0.15) is 4.52 Å². The van der Waals surface area contributed by atoms with Gasteiger partial charge in [-0.3, -0.25) is 4.90 Å². The summed E-state index contributed by atoms with van der Waals surface area (Å²) >= 11 is 1.32. The number of aromatic hydroxyl groups is 1. The van der Waals surface area contributed by atoms with Gasteiger partial charge in [0, 0.05) is 19.5 Å². The molecule has 0 aliphatic rings. The first kappa shape index (κ1) is 16.9. The van der Waals surface area contributed by atoms with E-state index in [0.717, 1.165) is 0 Å². The molecule has 3 rings (SSSR count). The van der Waals surface area contributed by atoms with Crippen LogP contribution in [0.1, 0.15) is 29.4 Å². The quantitative estimate of drug-likeness (QED) is 0.556. The van der Waals surface area contributed by atoms with E-state index >= 15 is 0 Å². The van der Waals surface area contributed by atoms with E-state index in [1.54, 1.807) is 18.4 Å². The molecule has 0 amide bonds. The molecule has 0 aromatic carbocycles. The number of furan rings is 1. The van der Waals surface area contributed by atoms with Crippen LogP contribution < -0.4 is 0 Å². The summed E-state index contributed by atoms with van der Waals surface area (Å²) in [6, 6.07) is 3.14. The van der Waals surface area contributed by atoms with Crippen LogP contribution in [0.2, 0.25) is 0 Å². The third-order valence-electron chi connectivity index (χ3n) is 3.76. The first-order valence-corrected chi connectivity index (χ1v) is 8.57. The van der Waals surface area contributed by atoms with Gasteiger partial charge in [-0.05, 0) is 12.1 Å². The van der Waals surface area contributed by atoms with E-state index in [1.807, 2.05) is 11.8 Å². The topological polar surface area (TPSA) is 107 Å². The van der Waals surface area contributed by atoms with Crippen molar-refractivity contribution in [2.24, 2.45) is 0 Å². The normalized spacial score (nSPS) is 13.2. The molecule has 3 heterocycles. The first-order chi connectivity index (χ1) is 11.7.